The molecule has 3 aromatic carbocycles. The Hall–Kier alpha value is -2.85. The Balaban J connectivity index is 1.87. The molecule has 3 aromatic rings. The van der Waals surface area contributed by atoms with Crippen molar-refractivity contribution in [1.82, 2.24) is 0 Å². The van der Waals surface area contributed by atoms with E-state index in [1.54, 1.807) is 4.90 Å². The van der Waals surface area contributed by atoms with Gasteiger partial charge in [-0.05, 0) is 46.9 Å². The van der Waals surface area contributed by atoms with Crippen molar-refractivity contribution < 1.29 is 9.90 Å². The van der Waals surface area contributed by atoms with E-state index in [9.17, 15) is 9.90 Å². The zero-order valence-electron chi connectivity index (χ0n) is 16.3. The summed E-state index contributed by atoms with van der Waals surface area (Å²) < 4.78 is 0.936. The SMILES string of the molecule is CC(C)c1ccc(C2C(c3ccccc3)=C(O)C(=O)N2c2ccc(Br)cc2)cc1. The fourth-order valence-electron chi connectivity index (χ4n) is 3.76. The van der Waals surface area contributed by atoms with Crippen molar-refractivity contribution in [2.75, 3.05) is 4.90 Å². The van der Waals surface area contributed by atoms with Crippen molar-refractivity contribution in [3.63, 3.8) is 0 Å². The predicted molar refractivity (Wildman–Crippen MR) is 121 cm³/mol. The Morgan fingerprint density at radius 2 is 1.52 bits per heavy atom. The minimum absolute atomic E-state index is 0.197. The summed E-state index contributed by atoms with van der Waals surface area (Å²) in [5, 5.41) is 10.9. The summed E-state index contributed by atoms with van der Waals surface area (Å²) in [4.78, 5) is 14.8. The quantitative estimate of drug-likeness (QED) is 0.487. The van der Waals surface area contributed by atoms with Gasteiger partial charge in [-0.1, -0.05) is 84.4 Å². The molecule has 1 atom stereocenters. The van der Waals surface area contributed by atoms with E-state index in [4.69, 9.17) is 0 Å². The maximum Gasteiger partial charge on any atom is 0.294 e. The van der Waals surface area contributed by atoms with E-state index in [2.05, 4.69) is 54.0 Å². The zero-order chi connectivity index (χ0) is 20.5. The molecule has 1 aliphatic rings. The average molecular weight is 448 g/mol. The molecule has 0 aromatic heterocycles. The van der Waals surface area contributed by atoms with Crippen molar-refractivity contribution in [1.29, 1.82) is 0 Å². The first-order valence-electron chi connectivity index (χ1n) is 9.65. The highest BCUT2D eigenvalue weighted by molar-refractivity contribution is 9.10. The molecule has 0 saturated carbocycles. The summed E-state index contributed by atoms with van der Waals surface area (Å²) in [6, 6.07) is 25.1. The highest BCUT2D eigenvalue weighted by Crippen LogP contribution is 2.45. The second kappa shape index (κ2) is 7.88. The molecule has 0 spiro atoms. The fraction of sp³-hybridized carbons (Fsp3) is 0.160. The standard InChI is InChI=1S/C25H22BrNO2/c1-16(2)17-8-10-19(11-9-17)23-22(18-6-4-3-5-7-18)24(28)25(29)27(23)21-14-12-20(26)13-15-21/h3-16,23,28H,1-2H3. The molecule has 0 saturated heterocycles. The number of anilines is 1. The van der Waals surface area contributed by atoms with Gasteiger partial charge in [0.25, 0.3) is 5.91 Å². The lowest BCUT2D eigenvalue weighted by atomic mass is 9.91. The van der Waals surface area contributed by atoms with Crippen LogP contribution in [0.25, 0.3) is 5.57 Å². The van der Waals surface area contributed by atoms with Gasteiger partial charge in [0.05, 0.1) is 6.04 Å². The Labute approximate surface area is 179 Å². The fourth-order valence-corrected chi connectivity index (χ4v) is 4.03. The molecule has 1 amide bonds. The Morgan fingerprint density at radius 3 is 2.10 bits per heavy atom. The zero-order valence-corrected chi connectivity index (χ0v) is 17.9. The molecule has 146 valence electrons. The average Bonchev–Trinajstić information content (AvgIpc) is 3.00. The molecular weight excluding hydrogens is 426 g/mol. The van der Waals surface area contributed by atoms with Gasteiger partial charge >= 0.3 is 0 Å². The van der Waals surface area contributed by atoms with Gasteiger partial charge in [-0.3, -0.25) is 9.69 Å². The van der Waals surface area contributed by atoms with Gasteiger partial charge in [-0.25, -0.2) is 0 Å². The topological polar surface area (TPSA) is 40.5 Å². The number of carbonyl (C=O) groups is 1. The minimum Gasteiger partial charge on any atom is -0.503 e. The van der Waals surface area contributed by atoms with Gasteiger partial charge < -0.3 is 5.11 Å². The molecule has 1 heterocycles. The van der Waals surface area contributed by atoms with E-state index in [1.807, 2.05) is 54.6 Å². The van der Waals surface area contributed by atoms with Crippen LogP contribution in [0, 0.1) is 0 Å². The van der Waals surface area contributed by atoms with Gasteiger partial charge in [-0.15, -0.1) is 0 Å². The van der Waals surface area contributed by atoms with Gasteiger partial charge in [0.2, 0.25) is 0 Å². The maximum absolute atomic E-state index is 13.1. The van der Waals surface area contributed by atoms with Crippen LogP contribution < -0.4 is 4.90 Å². The molecule has 0 fully saturated rings. The van der Waals surface area contributed by atoms with Crippen LogP contribution >= 0.6 is 15.9 Å². The first kappa shape index (κ1) is 19.5. The molecule has 3 nitrogen and oxygen atoms in total. The van der Waals surface area contributed by atoms with E-state index in [-0.39, 0.29) is 11.7 Å². The lowest BCUT2D eigenvalue weighted by Crippen LogP contribution is -2.30. The Bertz CT molecular complexity index is 1050. The third-order valence-corrected chi connectivity index (χ3v) is 5.85. The molecule has 0 radical (unpaired) electrons. The number of benzene rings is 3. The van der Waals surface area contributed by atoms with Crippen molar-refractivity contribution in [3.8, 4) is 0 Å². The van der Waals surface area contributed by atoms with Gasteiger partial charge in [-0.2, -0.15) is 0 Å². The van der Waals surface area contributed by atoms with Crippen LogP contribution in [0.15, 0.2) is 89.1 Å². The molecule has 1 unspecified atom stereocenters. The van der Waals surface area contributed by atoms with Crippen molar-refractivity contribution in [2.24, 2.45) is 0 Å². The van der Waals surface area contributed by atoms with Crippen LogP contribution in [0.1, 0.15) is 42.5 Å². The van der Waals surface area contributed by atoms with E-state index < -0.39 is 6.04 Å². The molecule has 0 aliphatic carbocycles. The summed E-state index contributed by atoms with van der Waals surface area (Å²) in [5.74, 6) is -0.157. The van der Waals surface area contributed by atoms with E-state index in [0.717, 1.165) is 21.3 Å². The number of aliphatic hydroxyl groups excluding tert-OH is 1. The molecule has 4 rings (SSSR count). The lowest BCUT2D eigenvalue weighted by Gasteiger charge is -2.28. The van der Waals surface area contributed by atoms with Gasteiger partial charge in [0.15, 0.2) is 5.76 Å². The van der Waals surface area contributed by atoms with Crippen molar-refractivity contribution in [2.45, 2.75) is 25.8 Å². The first-order chi connectivity index (χ1) is 14.0. The summed E-state index contributed by atoms with van der Waals surface area (Å²) in [6.45, 7) is 4.31. The molecule has 29 heavy (non-hydrogen) atoms. The summed E-state index contributed by atoms with van der Waals surface area (Å²) >= 11 is 3.45. The van der Waals surface area contributed by atoms with Crippen LogP contribution in [-0.4, -0.2) is 11.0 Å². The second-order valence-corrected chi connectivity index (χ2v) is 8.42. The normalized spacial score (nSPS) is 16.8. The number of rotatable bonds is 4. The minimum atomic E-state index is -0.396. The molecule has 1 aliphatic heterocycles. The molecular formula is C25H22BrNO2. The van der Waals surface area contributed by atoms with Crippen LogP contribution in [0.2, 0.25) is 0 Å². The van der Waals surface area contributed by atoms with Crippen LogP contribution in [0.4, 0.5) is 5.69 Å². The Morgan fingerprint density at radius 1 is 0.897 bits per heavy atom. The smallest absolute Gasteiger partial charge is 0.294 e. The molecule has 0 bridgehead atoms. The second-order valence-electron chi connectivity index (χ2n) is 7.50. The van der Waals surface area contributed by atoms with E-state index >= 15 is 0 Å². The number of halogens is 1. The number of hydrogen-bond acceptors (Lipinski definition) is 2. The predicted octanol–water partition coefficient (Wildman–Crippen LogP) is 6.63. The number of hydrogen-bond donors (Lipinski definition) is 1. The third kappa shape index (κ3) is 3.60. The summed E-state index contributed by atoms with van der Waals surface area (Å²) in [5.41, 5.74) is 4.43. The lowest BCUT2D eigenvalue weighted by molar-refractivity contribution is -0.117. The van der Waals surface area contributed by atoms with Crippen molar-refractivity contribution in [3.05, 3.63) is 106 Å². The van der Waals surface area contributed by atoms with Crippen LogP contribution in [0.3, 0.4) is 0 Å². The van der Waals surface area contributed by atoms with Gasteiger partial charge in [0.1, 0.15) is 0 Å². The number of nitrogens with zero attached hydrogens (tertiary/aromatic N) is 1. The first-order valence-corrected chi connectivity index (χ1v) is 10.4. The number of carbonyl (C=O) groups excluding carboxylic acids is 1. The largest absolute Gasteiger partial charge is 0.503 e. The van der Waals surface area contributed by atoms with Gasteiger partial charge in [0, 0.05) is 15.7 Å². The van der Waals surface area contributed by atoms with Crippen LogP contribution in [0.5, 0.6) is 0 Å². The van der Waals surface area contributed by atoms with E-state index in [1.165, 1.54) is 5.56 Å². The number of amides is 1. The maximum atomic E-state index is 13.1. The third-order valence-electron chi connectivity index (χ3n) is 5.32. The highest BCUT2D eigenvalue weighted by atomic mass is 79.9. The van der Waals surface area contributed by atoms with Crippen molar-refractivity contribution >= 4 is 33.1 Å². The number of aliphatic hydroxyl groups is 1. The molecule has 4 heteroatoms. The highest BCUT2D eigenvalue weighted by Gasteiger charge is 2.41. The summed E-state index contributed by atoms with van der Waals surface area (Å²) in [7, 11) is 0. The Kier molecular flexibility index (Phi) is 5.29. The monoisotopic (exact) mass is 447 g/mol. The van der Waals surface area contributed by atoms with Crippen LogP contribution in [-0.2, 0) is 4.79 Å². The summed E-state index contributed by atoms with van der Waals surface area (Å²) in [6.07, 6.45) is 0. The molecule has 1 N–H and O–H groups in total. The van der Waals surface area contributed by atoms with E-state index in [0.29, 0.717) is 11.5 Å².